The Hall–Kier alpha value is -2.72. The fourth-order valence-electron chi connectivity index (χ4n) is 3.09. The minimum absolute atomic E-state index is 0.0824. The predicted molar refractivity (Wildman–Crippen MR) is 96.3 cm³/mol. The molecule has 0 spiro atoms. The number of carboxylic acids is 2. The lowest BCUT2D eigenvalue weighted by Gasteiger charge is -2.19. The second kappa shape index (κ2) is 7.02. The van der Waals surface area contributed by atoms with E-state index in [1.165, 1.54) is 13.8 Å². The Balaban J connectivity index is 2.50. The average Bonchev–Trinajstić information content (AvgIpc) is 3.09. The topological polar surface area (TPSA) is 74.6 Å². The van der Waals surface area contributed by atoms with Crippen LogP contribution in [0.1, 0.15) is 31.8 Å². The molecule has 0 aliphatic carbocycles. The molecule has 2 N–H and O–H groups in total. The smallest absolute Gasteiger partial charge is 0.336 e. The van der Waals surface area contributed by atoms with Gasteiger partial charge in [0.15, 0.2) is 11.6 Å². The monoisotopic (exact) mass is 430 g/mol. The molecule has 0 fully saturated rings. The van der Waals surface area contributed by atoms with E-state index in [-0.39, 0.29) is 32.0 Å². The van der Waals surface area contributed by atoms with Crippen molar-refractivity contribution in [1.82, 2.24) is 0 Å². The molecule has 0 radical (unpaired) electrons. The summed E-state index contributed by atoms with van der Waals surface area (Å²) in [5.74, 6) is -5.34. The first-order chi connectivity index (χ1) is 13.0. The van der Waals surface area contributed by atoms with E-state index in [1.807, 2.05) is 0 Å². The van der Waals surface area contributed by atoms with Crippen LogP contribution in [0.15, 0.2) is 12.1 Å². The second-order valence-corrected chi connectivity index (χ2v) is 7.83. The molecule has 3 aromatic rings. The Bertz CT molecular complexity index is 1020. The van der Waals surface area contributed by atoms with Crippen LogP contribution in [0.2, 0.25) is 0 Å². The Morgan fingerprint density at radius 2 is 1.07 bits per heavy atom. The number of thiophene rings is 2. The van der Waals surface area contributed by atoms with E-state index < -0.39 is 45.0 Å². The van der Waals surface area contributed by atoms with Gasteiger partial charge in [0.1, 0.15) is 0 Å². The van der Waals surface area contributed by atoms with Crippen LogP contribution in [0, 0.1) is 35.7 Å². The molecule has 10 heteroatoms. The summed E-state index contributed by atoms with van der Waals surface area (Å²) in [4.78, 5) is 23.6. The van der Waals surface area contributed by atoms with Crippen LogP contribution in [0.5, 0.6) is 0 Å². The van der Waals surface area contributed by atoms with E-state index in [1.54, 1.807) is 0 Å². The van der Waals surface area contributed by atoms with Crippen LogP contribution in [-0.2, 0) is 0 Å². The van der Waals surface area contributed by atoms with E-state index in [9.17, 15) is 37.4 Å². The van der Waals surface area contributed by atoms with Crippen molar-refractivity contribution in [3.05, 3.63) is 56.3 Å². The number of aromatic carboxylic acids is 2. The van der Waals surface area contributed by atoms with Crippen molar-refractivity contribution in [2.75, 3.05) is 0 Å². The average molecular weight is 430 g/mol. The number of carboxylic acid groups (broad SMARTS) is 2. The summed E-state index contributed by atoms with van der Waals surface area (Å²) in [6.07, 6.45) is 0. The summed E-state index contributed by atoms with van der Waals surface area (Å²) in [7, 11) is 0. The van der Waals surface area contributed by atoms with Crippen molar-refractivity contribution in [2.45, 2.75) is 13.8 Å². The van der Waals surface area contributed by atoms with Gasteiger partial charge in [0.25, 0.3) is 0 Å². The number of halogens is 4. The third-order valence-corrected chi connectivity index (χ3v) is 6.04. The van der Waals surface area contributed by atoms with E-state index in [0.717, 1.165) is 12.1 Å². The lowest BCUT2D eigenvalue weighted by Crippen LogP contribution is -2.12. The van der Waals surface area contributed by atoms with E-state index >= 15 is 0 Å². The third-order valence-electron chi connectivity index (χ3n) is 4.21. The molecular weight excluding hydrogens is 420 g/mol. The summed E-state index contributed by atoms with van der Waals surface area (Å²) < 4.78 is 54.1. The maximum Gasteiger partial charge on any atom is 0.336 e. The molecule has 1 aromatic carbocycles. The first kappa shape index (κ1) is 20.0. The summed E-state index contributed by atoms with van der Waals surface area (Å²) in [6.45, 7) is 2.56. The number of rotatable bonds is 4. The molecule has 4 nitrogen and oxygen atoms in total. The molecule has 0 saturated heterocycles. The van der Waals surface area contributed by atoms with Gasteiger partial charge in [0, 0.05) is 20.9 Å². The van der Waals surface area contributed by atoms with Gasteiger partial charge in [-0.05, 0) is 37.1 Å². The maximum atomic E-state index is 13.5. The minimum Gasteiger partial charge on any atom is -0.478 e. The van der Waals surface area contributed by atoms with Crippen molar-refractivity contribution >= 4 is 34.6 Å². The zero-order chi connectivity index (χ0) is 20.9. The molecule has 2 aromatic heterocycles. The van der Waals surface area contributed by atoms with Crippen molar-refractivity contribution in [2.24, 2.45) is 0 Å². The van der Waals surface area contributed by atoms with Crippen molar-refractivity contribution < 1.29 is 37.4 Å². The summed E-state index contributed by atoms with van der Waals surface area (Å²) in [5.41, 5.74) is -1.27. The van der Waals surface area contributed by atoms with Gasteiger partial charge >= 0.3 is 11.9 Å². The van der Waals surface area contributed by atoms with Crippen molar-refractivity contribution in [3.63, 3.8) is 0 Å². The molecule has 0 bridgehead atoms. The standard InChI is InChI=1S/C18H10F4O4S2/c1-5-11(9-3-7(19)15(21)27-9)14(18(25)26)6(2)12(13(5)17(23)24)10-4-8(20)16(22)28-10/h3-4H,1-2H3,(H,23,24)(H,25,26). The quantitative estimate of drug-likeness (QED) is 0.520. The SMILES string of the molecule is Cc1c(C(=O)O)c(-c2cc(F)c(F)s2)c(C)c(C(=O)O)c1-c1cc(F)c(F)s1. The molecule has 28 heavy (non-hydrogen) atoms. The van der Waals surface area contributed by atoms with Crippen molar-refractivity contribution in [3.8, 4) is 20.9 Å². The molecule has 0 saturated carbocycles. The first-order valence-corrected chi connectivity index (χ1v) is 9.22. The highest BCUT2D eigenvalue weighted by Gasteiger charge is 2.30. The normalized spacial score (nSPS) is 11.1. The molecule has 3 rings (SSSR count). The van der Waals surface area contributed by atoms with Gasteiger partial charge in [0.2, 0.25) is 10.3 Å². The highest BCUT2D eigenvalue weighted by molar-refractivity contribution is 7.14. The summed E-state index contributed by atoms with van der Waals surface area (Å²) in [6, 6.07) is 1.56. The van der Waals surface area contributed by atoms with Crippen molar-refractivity contribution in [1.29, 1.82) is 0 Å². The van der Waals surface area contributed by atoms with Gasteiger partial charge in [-0.2, -0.15) is 8.78 Å². The Labute approximate surface area is 163 Å². The predicted octanol–water partition coefficient (Wildman–Crippen LogP) is 5.71. The molecule has 146 valence electrons. The fourth-order valence-corrected chi connectivity index (χ4v) is 4.83. The number of carbonyl (C=O) groups is 2. The number of hydrogen-bond acceptors (Lipinski definition) is 4. The van der Waals surface area contributed by atoms with E-state index in [0.29, 0.717) is 22.7 Å². The number of hydrogen-bond donors (Lipinski definition) is 2. The molecule has 0 atom stereocenters. The molecule has 0 aliphatic rings. The van der Waals surface area contributed by atoms with E-state index in [4.69, 9.17) is 0 Å². The minimum atomic E-state index is -1.47. The summed E-state index contributed by atoms with van der Waals surface area (Å²) >= 11 is 0.670. The van der Waals surface area contributed by atoms with Gasteiger partial charge in [0.05, 0.1) is 11.1 Å². The molecule has 0 aliphatic heterocycles. The summed E-state index contributed by atoms with van der Waals surface area (Å²) in [5, 5.41) is 17.0. The van der Waals surface area contributed by atoms with Crippen LogP contribution in [0.3, 0.4) is 0 Å². The second-order valence-electron chi connectivity index (χ2n) is 5.82. The van der Waals surface area contributed by atoms with Gasteiger partial charge < -0.3 is 10.2 Å². The molecule has 0 unspecified atom stereocenters. The Morgan fingerprint density at radius 3 is 1.29 bits per heavy atom. The van der Waals surface area contributed by atoms with Gasteiger partial charge in [-0.1, -0.05) is 0 Å². The fraction of sp³-hybridized carbons (Fsp3) is 0.111. The maximum absolute atomic E-state index is 13.5. The van der Waals surface area contributed by atoms with Crippen LogP contribution >= 0.6 is 22.7 Å². The van der Waals surface area contributed by atoms with Gasteiger partial charge in [-0.25, -0.2) is 18.4 Å². The van der Waals surface area contributed by atoms with Gasteiger partial charge in [-0.15, -0.1) is 22.7 Å². The van der Waals surface area contributed by atoms with E-state index in [2.05, 4.69) is 0 Å². The lowest BCUT2D eigenvalue weighted by molar-refractivity contribution is 0.0681. The first-order valence-electron chi connectivity index (χ1n) is 7.58. The highest BCUT2D eigenvalue weighted by atomic mass is 32.1. The van der Waals surface area contributed by atoms with Gasteiger partial charge in [-0.3, -0.25) is 0 Å². The zero-order valence-corrected chi connectivity index (χ0v) is 15.8. The zero-order valence-electron chi connectivity index (χ0n) is 14.2. The molecule has 0 amide bonds. The lowest BCUT2D eigenvalue weighted by atomic mass is 9.86. The van der Waals surface area contributed by atoms with Crippen LogP contribution in [0.4, 0.5) is 17.6 Å². The van der Waals surface area contributed by atoms with Crippen LogP contribution < -0.4 is 0 Å². The number of benzene rings is 1. The third kappa shape index (κ3) is 3.08. The highest BCUT2D eigenvalue weighted by Crippen LogP contribution is 2.44. The Kier molecular flexibility index (Phi) is 5.02. The van der Waals surface area contributed by atoms with Crippen LogP contribution in [0.25, 0.3) is 20.9 Å². The van der Waals surface area contributed by atoms with Crippen LogP contribution in [-0.4, -0.2) is 22.2 Å². The molecular formula is C18H10F4O4S2. The largest absolute Gasteiger partial charge is 0.478 e. The Morgan fingerprint density at radius 1 is 0.750 bits per heavy atom. The molecule has 2 heterocycles.